The normalized spacial score (nSPS) is 22.8. The molecule has 0 heterocycles. The maximum atomic E-state index is 11.0. The molecular formula is C12H24N2O2. The van der Waals surface area contributed by atoms with E-state index in [0.717, 1.165) is 0 Å². The summed E-state index contributed by atoms with van der Waals surface area (Å²) in [5.41, 5.74) is 4.63. The third-order valence-corrected chi connectivity index (χ3v) is 3.51. The number of aliphatic carboxylic acids is 1. The summed E-state index contributed by atoms with van der Waals surface area (Å²) in [4.78, 5) is 13.1. The molecule has 0 aromatic rings. The van der Waals surface area contributed by atoms with E-state index in [9.17, 15) is 4.79 Å². The van der Waals surface area contributed by atoms with Crippen molar-refractivity contribution in [2.45, 2.75) is 57.0 Å². The maximum Gasteiger partial charge on any atom is 0.324 e. The summed E-state index contributed by atoms with van der Waals surface area (Å²) < 4.78 is 0. The fourth-order valence-corrected chi connectivity index (χ4v) is 2.41. The summed E-state index contributed by atoms with van der Waals surface area (Å²) in [7, 11) is 1.99. The highest BCUT2D eigenvalue weighted by Crippen LogP contribution is 2.21. The quantitative estimate of drug-likeness (QED) is 0.715. The Labute approximate surface area is 97.8 Å². The first-order valence-corrected chi connectivity index (χ1v) is 6.16. The van der Waals surface area contributed by atoms with Gasteiger partial charge in [-0.25, -0.2) is 0 Å². The molecule has 4 nitrogen and oxygen atoms in total. The molecule has 1 unspecified atom stereocenters. The number of nitrogens with two attached hydrogens (primary N) is 1. The number of nitrogens with zero attached hydrogens (tertiary/aromatic N) is 1. The van der Waals surface area contributed by atoms with Crippen LogP contribution in [0.2, 0.25) is 0 Å². The summed E-state index contributed by atoms with van der Waals surface area (Å²) in [6.45, 7) is 2.01. The zero-order valence-corrected chi connectivity index (χ0v) is 10.4. The van der Waals surface area contributed by atoms with Crippen molar-refractivity contribution >= 4 is 5.97 Å². The first-order chi connectivity index (χ1) is 7.43. The molecule has 1 atom stereocenters. The minimum Gasteiger partial charge on any atom is -0.480 e. The van der Waals surface area contributed by atoms with Crippen LogP contribution >= 0.6 is 0 Å². The molecular weight excluding hydrogens is 204 g/mol. The summed E-state index contributed by atoms with van der Waals surface area (Å²) in [6.07, 6.45) is 7.47. The Morgan fingerprint density at radius 2 is 1.88 bits per heavy atom. The largest absolute Gasteiger partial charge is 0.480 e. The Hall–Kier alpha value is -0.610. The van der Waals surface area contributed by atoms with E-state index in [1.807, 2.05) is 7.05 Å². The van der Waals surface area contributed by atoms with Gasteiger partial charge >= 0.3 is 5.97 Å². The molecule has 0 spiro atoms. The van der Waals surface area contributed by atoms with Crippen LogP contribution in [0.15, 0.2) is 0 Å². The molecule has 0 aliphatic heterocycles. The van der Waals surface area contributed by atoms with Gasteiger partial charge in [0.1, 0.15) is 5.54 Å². The minimum atomic E-state index is -1.14. The third-order valence-electron chi connectivity index (χ3n) is 3.51. The molecule has 1 fully saturated rings. The molecule has 1 aliphatic rings. The molecule has 4 heteroatoms. The van der Waals surface area contributed by atoms with Crippen molar-refractivity contribution in [3.63, 3.8) is 0 Å². The summed E-state index contributed by atoms with van der Waals surface area (Å²) in [6, 6.07) is 0.504. The number of carboxylic acids is 1. The molecule has 0 saturated heterocycles. The van der Waals surface area contributed by atoms with Crippen LogP contribution in [0.3, 0.4) is 0 Å². The third kappa shape index (κ3) is 3.76. The van der Waals surface area contributed by atoms with Crippen LogP contribution in [0, 0.1) is 0 Å². The van der Waals surface area contributed by atoms with Gasteiger partial charge in [-0.3, -0.25) is 4.79 Å². The van der Waals surface area contributed by atoms with Gasteiger partial charge < -0.3 is 15.7 Å². The lowest BCUT2D eigenvalue weighted by atomic mass is 10.0. The maximum absolute atomic E-state index is 11.0. The molecule has 1 saturated carbocycles. The highest BCUT2D eigenvalue weighted by Gasteiger charge is 2.31. The minimum absolute atomic E-state index is 0.424. The van der Waals surface area contributed by atoms with Crippen LogP contribution in [-0.4, -0.2) is 41.1 Å². The smallest absolute Gasteiger partial charge is 0.324 e. The second kappa shape index (κ2) is 5.64. The molecule has 0 amide bonds. The summed E-state index contributed by atoms with van der Waals surface area (Å²) in [5.74, 6) is -0.923. The predicted molar refractivity (Wildman–Crippen MR) is 64.3 cm³/mol. The van der Waals surface area contributed by atoms with Crippen molar-refractivity contribution < 1.29 is 9.90 Å². The van der Waals surface area contributed by atoms with E-state index in [1.54, 1.807) is 6.92 Å². The van der Waals surface area contributed by atoms with Gasteiger partial charge in [0.25, 0.3) is 0 Å². The average molecular weight is 228 g/mol. The van der Waals surface area contributed by atoms with Gasteiger partial charge in [-0.05, 0) is 26.8 Å². The Bertz CT molecular complexity index is 233. The molecule has 0 radical (unpaired) electrons. The van der Waals surface area contributed by atoms with Gasteiger partial charge in [0.15, 0.2) is 0 Å². The number of hydrogen-bond acceptors (Lipinski definition) is 3. The molecule has 94 valence electrons. The van der Waals surface area contributed by atoms with Crippen molar-refractivity contribution in [3.8, 4) is 0 Å². The number of hydrogen-bond donors (Lipinski definition) is 2. The van der Waals surface area contributed by atoms with Crippen LogP contribution in [0.1, 0.15) is 45.4 Å². The number of likely N-dealkylation sites (N-methyl/N-ethyl adjacent to an activating group) is 1. The second-order valence-corrected chi connectivity index (χ2v) is 5.28. The van der Waals surface area contributed by atoms with E-state index in [2.05, 4.69) is 4.90 Å². The van der Waals surface area contributed by atoms with Gasteiger partial charge in [-0.1, -0.05) is 25.7 Å². The van der Waals surface area contributed by atoms with Crippen LogP contribution in [0.25, 0.3) is 0 Å². The Kier molecular flexibility index (Phi) is 4.74. The summed E-state index contributed by atoms with van der Waals surface area (Å²) >= 11 is 0. The lowest BCUT2D eigenvalue weighted by Crippen LogP contribution is -2.54. The van der Waals surface area contributed by atoms with E-state index in [4.69, 9.17) is 10.8 Å². The average Bonchev–Trinajstić information content (AvgIpc) is 2.44. The van der Waals surface area contributed by atoms with Crippen molar-refractivity contribution in [2.75, 3.05) is 13.6 Å². The van der Waals surface area contributed by atoms with E-state index in [1.165, 1.54) is 38.5 Å². The molecule has 1 rings (SSSR count). The fraction of sp³-hybridized carbons (Fsp3) is 0.917. The SMILES string of the molecule is CN(CC(C)(N)C(=O)O)C1CCCCCC1. The molecule has 0 aromatic carbocycles. The topological polar surface area (TPSA) is 66.6 Å². The van der Waals surface area contributed by atoms with Gasteiger partial charge in [0.2, 0.25) is 0 Å². The summed E-state index contributed by atoms with van der Waals surface area (Å²) in [5, 5.41) is 8.99. The van der Waals surface area contributed by atoms with E-state index in [-0.39, 0.29) is 0 Å². The van der Waals surface area contributed by atoms with E-state index < -0.39 is 11.5 Å². The Morgan fingerprint density at radius 1 is 1.38 bits per heavy atom. The first kappa shape index (κ1) is 13.5. The predicted octanol–water partition coefficient (Wildman–Crippen LogP) is 1.44. The zero-order valence-electron chi connectivity index (χ0n) is 10.4. The van der Waals surface area contributed by atoms with Crippen molar-refractivity contribution in [1.82, 2.24) is 4.90 Å². The standard InChI is InChI=1S/C12H24N2O2/c1-12(13,11(15)16)9-14(2)10-7-5-3-4-6-8-10/h10H,3-9,13H2,1-2H3,(H,15,16). The first-order valence-electron chi connectivity index (χ1n) is 6.16. The number of carbonyl (C=O) groups is 1. The highest BCUT2D eigenvalue weighted by atomic mass is 16.4. The highest BCUT2D eigenvalue weighted by molar-refractivity contribution is 5.78. The van der Waals surface area contributed by atoms with Gasteiger partial charge in [0.05, 0.1) is 0 Å². The molecule has 1 aliphatic carbocycles. The van der Waals surface area contributed by atoms with E-state index in [0.29, 0.717) is 12.6 Å². The van der Waals surface area contributed by atoms with Crippen molar-refractivity contribution in [3.05, 3.63) is 0 Å². The van der Waals surface area contributed by atoms with Crippen LogP contribution in [0.4, 0.5) is 0 Å². The van der Waals surface area contributed by atoms with Crippen LogP contribution in [0.5, 0.6) is 0 Å². The number of rotatable bonds is 4. The van der Waals surface area contributed by atoms with Gasteiger partial charge in [-0.2, -0.15) is 0 Å². The van der Waals surface area contributed by atoms with Crippen LogP contribution in [-0.2, 0) is 4.79 Å². The van der Waals surface area contributed by atoms with E-state index >= 15 is 0 Å². The number of carboxylic acid groups (broad SMARTS) is 1. The lowest BCUT2D eigenvalue weighted by molar-refractivity contribution is -0.143. The Morgan fingerprint density at radius 3 is 2.31 bits per heavy atom. The lowest BCUT2D eigenvalue weighted by Gasteiger charge is -2.32. The molecule has 0 bridgehead atoms. The van der Waals surface area contributed by atoms with Crippen molar-refractivity contribution in [2.24, 2.45) is 5.73 Å². The van der Waals surface area contributed by atoms with Gasteiger partial charge in [0, 0.05) is 12.6 Å². The molecule has 3 N–H and O–H groups in total. The fourth-order valence-electron chi connectivity index (χ4n) is 2.41. The van der Waals surface area contributed by atoms with Gasteiger partial charge in [-0.15, -0.1) is 0 Å². The van der Waals surface area contributed by atoms with Crippen molar-refractivity contribution in [1.29, 1.82) is 0 Å². The van der Waals surface area contributed by atoms with Crippen LogP contribution < -0.4 is 5.73 Å². The Balaban J connectivity index is 2.49. The zero-order chi connectivity index (χ0) is 12.2. The monoisotopic (exact) mass is 228 g/mol. The second-order valence-electron chi connectivity index (χ2n) is 5.28. The molecule has 0 aromatic heterocycles. The molecule has 16 heavy (non-hydrogen) atoms.